The fraction of sp³-hybridized carbons (Fsp3) is 0.250. The molecule has 2 N–H and O–H groups in total. The SMILES string of the molecule is COc1ccc(CCNCc2ccc(O)c(Cl)c2)cc1. The number of benzene rings is 2. The van der Waals surface area contributed by atoms with Crippen LogP contribution in [0.5, 0.6) is 11.5 Å². The van der Waals surface area contributed by atoms with Gasteiger partial charge in [-0.3, -0.25) is 0 Å². The summed E-state index contributed by atoms with van der Waals surface area (Å²) in [5.74, 6) is 0.995. The van der Waals surface area contributed by atoms with Crippen molar-refractivity contribution in [1.82, 2.24) is 5.32 Å². The molecule has 0 amide bonds. The van der Waals surface area contributed by atoms with E-state index in [0.717, 1.165) is 30.8 Å². The molecule has 0 fully saturated rings. The van der Waals surface area contributed by atoms with Crippen LogP contribution in [-0.4, -0.2) is 18.8 Å². The molecule has 0 aliphatic rings. The van der Waals surface area contributed by atoms with Gasteiger partial charge in [0.25, 0.3) is 0 Å². The molecule has 0 spiro atoms. The van der Waals surface area contributed by atoms with E-state index in [4.69, 9.17) is 16.3 Å². The van der Waals surface area contributed by atoms with Gasteiger partial charge in [0.1, 0.15) is 11.5 Å². The zero-order valence-corrected chi connectivity index (χ0v) is 12.2. The molecule has 0 aliphatic heterocycles. The molecule has 0 bridgehead atoms. The Morgan fingerprint density at radius 2 is 1.80 bits per heavy atom. The van der Waals surface area contributed by atoms with Crippen molar-refractivity contribution in [3.63, 3.8) is 0 Å². The van der Waals surface area contributed by atoms with E-state index in [-0.39, 0.29) is 5.75 Å². The zero-order valence-electron chi connectivity index (χ0n) is 11.4. The second kappa shape index (κ2) is 7.17. The van der Waals surface area contributed by atoms with E-state index in [1.165, 1.54) is 5.56 Å². The van der Waals surface area contributed by atoms with Crippen molar-refractivity contribution in [2.24, 2.45) is 0 Å². The van der Waals surface area contributed by atoms with E-state index in [1.807, 2.05) is 18.2 Å². The lowest BCUT2D eigenvalue weighted by atomic mass is 10.1. The highest BCUT2D eigenvalue weighted by molar-refractivity contribution is 6.32. The van der Waals surface area contributed by atoms with Gasteiger partial charge in [0.05, 0.1) is 12.1 Å². The van der Waals surface area contributed by atoms with Crippen LogP contribution in [-0.2, 0) is 13.0 Å². The first-order valence-electron chi connectivity index (χ1n) is 6.50. The fourth-order valence-corrected chi connectivity index (χ4v) is 2.12. The lowest BCUT2D eigenvalue weighted by Gasteiger charge is -2.07. The molecule has 2 aromatic carbocycles. The third kappa shape index (κ3) is 4.15. The van der Waals surface area contributed by atoms with E-state index >= 15 is 0 Å². The van der Waals surface area contributed by atoms with Crippen molar-refractivity contribution in [1.29, 1.82) is 0 Å². The third-order valence-corrected chi connectivity index (χ3v) is 3.39. The summed E-state index contributed by atoms with van der Waals surface area (Å²) in [7, 11) is 1.67. The molecular formula is C16H18ClNO2. The van der Waals surface area contributed by atoms with Crippen LogP contribution in [0.3, 0.4) is 0 Å². The van der Waals surface area contributed by atoms with Crippen LogP contribution in [0.15, 0.2) is 42.5 Å². The third-order valence-electron chi connectivity index (χ3n) is 3.09. The Balaban J connectivity index is 1.76. The van der Waals surface area contributed by atoms with Gasteiger partial charge in [-0.25, -0.2) is 0 Å². The van der Waals surface area contributed by atoms with Crippen LogP contribution < -0.4 is 10.1 Å². The maximum absolute atomic E-state index is 9.34. The van der Waals surface area contributed by atoms with Crippen LogP contribution in [0.25, 0.3) is 0 Å². The minimum atomic E-state index is 0.119. The standard InChI is InChI=1S/C16H18ClNO2/c1-20-14-5-2-12(3-6-14)8-9-18-11-13-4-7-16(19)15(17)10-13/h2-7,10,18-19H,8-9,11H2,1H3. The number of aromatic hydroxyl groups is 1. The predicted octanol–water partition coefficient (Wildman–Crippen LogP) is 3.39. The number of hydrogen-bond acceptors (Lipinski definition) is 3. The van der Waals surface area contributed by atoms with Gasteiger partial charge >= 0.3 is 0 Å². The second-order valence-electron chi connectivity index (χ2n) is 4.56. The maximum atomic E-state index is 9.34. The van der Waals surface area contributed by atoms with E-state index in [1.54, 1.807) is 19.2 Å². The number of ether oxygens (including phenoxy) is 1. The smallest absolute Gasteiger partial charge is 0.134 e. The Morgan fingerprint density at radius 1 is 1.10 bits per heavy atom. The van der Waals surface area contributed by atoms with E-state index in [9.17, 15) is 5.11 Å². The van der Waals surface area contributed by atoms with Gasteiger partial charge in [0.2, 0.25) is 0 Å². The summed E-state index contributed by atoms with van der Waals surface area (Å²) < 4.78 is 5.12. The Bertz CT molecular complexity index is 555. The fourth-order valence-electron chi connectivity index (χ4n) is 1.92. The molecule has 0 unspecified atom stereocenters. The number of phenolic OH excluding ortho intramolecular Hbond substituents is 1. The molecule has 2 rings (SSSR count). The molecule has 106 valence electrons. The first kappa shape index (κ1) is 14.7. The van der Waals surface area contributed by atoms with Gasteiger partial charge in [0.15, 0.2) is 0 Å². The molecule has 4 heteroatoms. The number of hydrogen-bond donors (Lipinski definition) is 2. The summed E-state index contributed by atoms with van der Waals surface area (Å²) in [4.78, 5) is 0. The summed E-state index contributed by atoms with van der Waals surface area (Å²) >= 11 is 5.86. The van der Waals surface area contributed by atoms with Gasteiger partial charge < -0.3 is 15.2 Å². The Morgan fingerprint density at radius 3 is 2.45 bits per heavy atom. The van der Waals surface area contributed by atoms with Crippen LogP contribution >= 0.6 is 11.6 Å². The average molecular weight is 292 g/mol. The maximum Gasteiger partial charge on any atom is 0.134 e. The monoisotopic (exact) mass is 291 g/mol. The van der Waals surface area contributed by atoms with E-state index < -0.39 is 0 Å². The molecule has 20 heavy (non-hydrogen) atoms. The van der Waals surface area contributed by atoms with Crippen molar-refractivity contribution < 1.29 is 9.84 Å². The lowest BCUT2D eigenvalue weighted by Crippen LogP contribution is -2.16. The van der Waals surface area contributed by atoms with Crippen LogP contribution in [0.4, 0.5) is 0 Å². The molecule has 0 heterocycles. The molecule has 0 atom stereocenters. The molecule has 3 nitrogen and oxygen atoms in total. The molecular weight excluding hydrogens is 274 g/mol. The van der Waals surface area contributed by atoms with Crippen molar-refractivity contribution in [3.8, 4) is 11.5 Å². The topological polar surface area (TPSA) is 41.5 Å². The normalized spacial score (nSPS) is 10.5. The highest BCUT2D eigenvalue weighted by atomic mass is 35.5. The number of nitrogens with one attached hydrogen (secondary N) is 1. The molecule has 0 saturated carbocycles. The quantitative estimate of drug-likeness (QED) is 0.802. The lowest BCUT2D eigenvalue weighted by molar-refractivity contribution is 0.414. The number of rotatable bonds is 6. The predicted molar refractivity (Wildman–Crippen MR) is 81.5 cm³/mol. The van der Waals surface area contributed by atoms with Crippen LogP contribution in [0, 0.1) is 0 Å². The first-order valence-corrected chi connectivity index (χ1v) is 6.88. The summed E-state index contributed by atoms with van der Waals surface area (Å²) in [6.07, 6.45) is 0.954. The molecule has 0 radical (unpaired) electrons. The Hall–Kier alpha value is -1.71. The Kier molecular flexibility index (Phi) is 5.27. The van der Waals surface area contributed by atoms with Gasteiger partial charge in [-0.05, 0) is 48.4 Å². The van der Waals surface area contributed by atoms with Gasteiger partial charge in [-0.15, -0.1) is 0 Å². The number of phenols is 1. The summed E-state index contributed by atoms with van der Waals surface area (Å²) in [6.45, 7) is 1.61. The zero-order chi connectivity index (χ0) is 14.4. The molecule has 0 saturated heterocycles. The highest BCUT2D eigenvalue weighted by Crippen LogP contribution is 2.23. The summed E-state index contributed by atoms with van der Waals surface area (Å²) in [5.41, 5.74) is 2.32. The van der Waals surface area contributed by atoms with E-state index in [0.29, 0.717) is 5.02 Å². The van der Waals surface area contributed by atoms with Crippen molar-refractivity contribution in [2.45, 2.75) is 13.0 Å². The van der Waals surface area contributed by atoms with Gasteiger partial charge in [0, 0.05) is 6.54 Å². The molecule has 0 aromatic heterocycles. The number of methoxy groups -OCH3 is 1. The molecule has 0 aliphatic carbocycles. The Labute approximate surface area is 124 Å². The van der Waals surface area contributed by atoms with Gasteiger partial charge in [-0.2, -0.15) is 0 Å². The van der Waals surface area contributed by atoms with Crippen LogP contribution in [0.1, 0.15) is 11.1 Å². The minimum Gasteiger partial charge on any atom is -0.506 e. The highest BCUT2D eigenvalue weighted by Gasteiger charge is 2.00. The van der Waals surface area contributed by atoms with Crippen molar-refractivity contribution in [3.05, 3.63) is 58.6 Å². The minimum absolute atomic E-state index is 0.119. The number of halogens is 1. The summed E-state index contributed by atoms with van der Waals surface area (Å²) in [6, 6.07) is 13.3. The van der Waals surface area contributed by atoms with Gasteiger partial charge in [-0.1, -0.05) is 29.8 Å². The van der Waals surface area contributed by atoms with Crippen LogP contribution in [0.2, 0.25) is 5.02 Å². The molecule has 2 aromatic rings. The van der Waals surface area contributed by atoms with Crippen molar-refractivity contribution in [2.75, 3.05) is 13.7 Å². The average Bonchev–Trinajstić information content (AvgIpc) is 2.48. The summed E-state index contributed by atoms with van der Waals surface area (Å²) in [5, 5.41) is 13.1. The second-order valence-corrected chi connectivity index (χ2v) is 4.97. The van der Waals surface area contributed by atoms with Crippen molar-refractivity contribution >= 4 is 11.6 Å². The first-order chi connectivity index (χ1) is 9.69. The largest absolute Gasteiger partial charge is 0.506 e. The van der Waals surface area contributed by atoms with E-state index in [2.05, 4.69) is 17.4 Å².